The van der Waals surface area contributed by atoms with Gasteiger partial charge in [0, 0.05) is 6.61 Å². The van der Waals surface area contributed by atoms with E-state index in [-0.39, 0.29) is 11.8 Å². The second-order valence-corrected chi connectivity index (χ2v) is 5.73. The van der Waals surface area contributed by atoms with Crippen LogP contribution >= 0.6 is 0 Å². The lowest BCUT2D eigenvalue weighted by atomic mass is 9.84. The van der Waals surface area contributed by atoms with Crippen LogP contribution in [0.5, 0.6) is 0 Å². The van der Waals surface area contributed by atoms with Gasteiger partial charge in [0.15, 0.2) is 0 Å². The molecule has 0 radical (unpaired) electrons. The minimum Gasteiger partial charge on any atom is -0.481 e. The van der Waals surface area contributed by atoms with Crippen LogP contribution < -0.4 is 0 Å². The molecule has 6 nitrogen and oxygen atoms in total. The van der Waals surface area contributed by atoms with E-state index < -0.39 is 11.6 Å². The van der Waals surface area contributed by atoms with Gasteiger partial charge in [0.05, 0.1) is 11.8 Å². The summed E-state index contributed by atoms with van der Waals surface area (Å²) in [5.74, 6) is -0.206. The summed E-state index contributed by atoms with van der Waals surface area (Å²) in [7, 11) is 0. The molecule has 0 bridgehead atoms. The molecule has 2 aliphatic rings. The molecule has 6 heteroatoms. The average Bonchev–Trinajstić information content (AvgIpc) is 3.10. The van der Waals surface area contributed by atoms with Gasteiger partial charge in [-0.2, -0.15) is 4.98 Å². The van der Waals surface area contributed by atoms with E-state index in [4.69, 9.17) is 14.4 Å². The number of aliphatic carboxylic acids is 1. The van der Waals surface area contributed by atoms with Crippen molar-refractivity contribution < 1.29 is 19.2 Å². The third-order valence-electron chi connectivity index (χ3n) is 4.36. The average molecular weight is 280 g/mol. The van der Waals surface area contributed by atoms with Crippen molar-refractivity contribution in [3.63, 3.8) is 0 Å². The summed E-state index contributed by atoms with van der Waals surface area (Å²) in [4.78, 5) is 15.4. The molecule has 1 aromatic heterocycles. The molecule has 2 atom stereocenters. The van der Waals surface area contributed by atoms with Gasteiger partial charge < -0.3 is 14.4 Å². The van der Waals surface area contributed by atoms with Crippen LogP contribution in [0.3, 0.4) is 0 Å². The van der Waals surface area contributed by atoms with Crippen LogP contribution in [0.15, 0.2) is 4.52 Å². The van der Waals surface area contributed by atoms with Crippen LogP contribution in [0.4, 0.5) is 0 Å². The molecule has 2 aliphatic carbocycles. The first-order valence-corrected chi connectivity index (χ1v) is 7.37. The van der Waals surface area contributed by atoms with E-state index in [1.807, 2.05) is 6.92 Å². The van der Waals surface area contributed by atoms with E-state index >= 15 is 0 Å². The highest BCUT2D eigenvalue weighted by Crippen LogP contribution is 2.48. The predicted octanol–water partition coefficient (Wildman–Crippen LogP) is 2.45. The number of aromatic nitrogens is 2. The fraction of sp³-hybridized carbons (Fsp3) is 0.786. The Morgan fingerprint density at radius 2 is 2.20 bits per heavy atom. The largest absolute Gasteiger partial charge is 0.481 e. The van der Waals surface area contributed by atoms with Gasteiger partial charge >= 0.3 is 5.97 Å². The number of carbonyl (C=O) groups is 1. The molecule has 110 valence electrons. The monoisotopic (exact) mass is 280 g/mol. The number of hydrogen-bond donors (Lipinski definition) is 1. The first kappa shape index (κ1) is 13.5. The molecule has 0 amide bonds. The molecule has 1 heterocycles. The summed E-state index contributed by atoms with van der Waals surface area (Å²) >= 11 is 0. The van der Waals surface area contributed by atoms with Gasteiger partial charge in [0.1, 0.15) is 5.60 Å². The van der Waals surface area contributed by atoms with Crippen LogP contribution in [-0.2, 0) is 15.1 Å². The van der Waals surface area contributed by atoms with Crippen molar-refractivity contribution in [1.82, 2.24) is 10.1 Å². The number of nitrogens with zero attached hydrogens (tertiary/aromatic N) is 2. The Morgan fingerprint density at radius 3 is 2.80 bits per heavy atom. The van der Waals surface area contributed by atoms with Crippen LogP contribution in [0, 0.1) is 5.92 Å². The maximum absolute atomic E-state index is 10.9. The Balaban J connectivity index is 1.79. The van der Waals surface area contributed by atoms with Crippen molar-refractivity contribution >= 4 is 5.97 Å². The van der Waals surface area contributed by atoms with E-state index in [0.29, 0.717) is 24.7 Å². The lowest BCUT2D eigenvalue weighted by Crippen LogP contribution is -2.33. The molecule has 3 rings (SSSR count). The Labute approximate surface area is 117 Å². The second-order valence-electron chi connectivity index (χ2n) is 5.73. The molecule has 0 aliphatic heterocycles. The molecule has 1 N–H and O–H groups in total. The lowest BCUT2D eigenvalue weighted by Gasteiger charge is -2.33. The first-order chi connectivity index (χ1) is 9.66. The van der Waals surface area contributed by atoms with Crippen molar-refractivity contribution in [1.29, 1.82) is 0 Å². The number of carboxylic acid groups (broad SMARTS) is 1. The zero-order valence-corrected chi connectivity index (χ0v) is 11.7. The molecule has 0 aromatic carbocycles. The molecule has 1 aromatic rings. The van der Waals surface area contributed by atoms with Gasteiger partial charge in [-0.1, -0.05) is 24.4 Å². The van der Waals surface area contributed by atoms with Crippen molar-refractivity contribution in [2.75, 3.05) is 6.61 Å². The highest BCUT2D eigenvalue weighted by atomic mass is 16.5. The van der Waals surface area contributed by atoms with Crippen molar-refractivity contribution in [2.24, 2.45) is 5.92 Å². The molecular weight excluding hydrogens is 260 g/mol. The molecule has 2 saturated carbocycles. The fourth-order valence-electron chi connectivity index (χ4n) is 3.14. The number of ether oxygens (including phenoxy) is 1. The third-order valence-corrected chi connectivity index (χ3v) is 4.36. The first-order valence-electron chi connectivity index (χ1n) is 7.37. The zero-order valence-electron chi connectivity index (χ0n) is 11.7. The minimum absolute atomic E-state index is 0.115. The number of hydrogen-bond acceptors (Lipinski definition) is 5. The predicted molar refractivity (Wildman–Crippen MR) is 69.2 cm³/mol. The van der Waals surface area contributed by atoms with Gasteiger partial charge in [-0.25, -0.2) is 0 Å². The normalized spacial score (nSPS) is 28.2. The summed E-state index contributed by atoms with van der Waals surface area (Å²) in [5, 5.41) is 13.0. The van der Waals surface area contributed by atoms with E-state index in [0.717, 1.165) is 25.7 Å². The van der Waals surface area contributed by atoms with E-state index in [1.54, 1.807) is 0 Å². The summed E-state index contributed by atoms with van der Waals surface area (Å²) < 4.78 is 11.2. The standard InChI is InChI=1S/C14H20N2O4/c1-2-19-14(6-4-3-5-7-14)13-15-11(20-16-13)9-8-10(9)12(17)18/h9-10H,2-8H2,1H3,(H,17,18). The maximum Gasteiger partial charge on any atom is 0.307 e. The van der Waals surface area contributed by atoms with E-state index in [1.165, 1.54) is 6.42 Å². The molecule has 2 fully saturated rings. The SMILES string of the molecule is CCOC1(c2noc(C3CC3C(=O)O)n2)CCCCC1. The maximum atomic E-state index is 10.9. The van der Waals surface area contributed by atoms with Gasteiger partial charge in [-0.3, -0.25) is 4.79 Å². The highest BCUT2D eigenvalue weighted by molar-refractivity contribution is 5.74. The van der Waals surface area contributed by atoms with Gasteiger partial charge in [-0.15, -0.1) is 0 Å². The highest BCUT2D eigenvalue weighted by Gasteiger charge is 2.49. The van der Waals surface area contributed by atoms with Crippen molar-refractivity contribution in [3.8, 4) is 0 Å². The van der Waals surface area contributed by atoms with Crippen molar-refractivity contribution in [3.05, 3.63) is 11.7 Å². The molecule has 0 saturated heterocycles. The van der Waals surface area contributed by atoms with Crippen LogP contribution in [0.1, 0.15) is 63.1 Å². The Kier molecular flexibility index (Phi) is 3.50. The van der Waals surface area contributed by atoms with Crippen LogP contribution in [0.25, 0.3) is 0 Å². The third kappa shape index (κ3) is 2.32. The summed E-state index contributed by atoms with van der Waals surface area (Å²) in [5.41, 5.74) is -0.428. The fourth-order valence-corrected chi connectivity index (χ4v) is 3.14. The topological polar surface area (TPSA) is 85.5 Å². The Bertz CT molecular complexity index is 488. The minimum atomic E-state index is -0.785. The molecule has 2 unspecified atom stereocenters. The van der Waals surface area contributed by atoms with Crippen LogP contribution in [-0.4, -0.2) is 27.8 Å². The Hall–Kier alpha value is -1.43. The molecular formula is C14H20N2O4. The summed E-state index contributed by atoms with van der Waals surface area (Å²) in [6, 6.07) is 0. The van der Waals surface area contributed by atoms with Gasteiger partial charge in [-0.05, 0) is 26.2 Å². The smallest absolute Gasteiger partial charge is 0.307 e. The summed E-state index contributed by atoms with van der Waals surface area (Å²) in [6.07, 6.45) is 5.83. The van der Waals surface area contributed by atoms with Crippen molar-refractivity contribution in [2.45, 2.75) is 57.0 Å². The summed E-state index contributed by atoms with van der Waals surface area (Å²) in [6.45, 7) is 2.59. The number of carboxylic acids is 1. The zero-order chi connectivity index (χ0) is 14.2. The second kappa shape index (κ2) is 5.16. The van der Waals surface area contributed by atoms with Gasteiger partial charge in [0.2, 0.25) is 11.7 Å². The Morgan fingerprint density at radius 1 is 1.45 bits per heavy atom. The quantitative estimate of drug-likeness (QED) is 0.891. The van der Waals surface area contributed by atoms with E-state index in [2.05, 4.69) is 10.1 Å². The van der Waals surface area contributed by atoms with Crippen LogP contribution in [0.2, 0.25) is 0 Å². The number of rotatable bonds is 5. The molecule has 0 spiro atoms. The molecule has 20 heavy (non-hydrogen) atoms. The lowest BCUT2D eigenvalue weighted by molar-refractivity contribution is -0.138. The van der Waals surface area contributed by atoms with Gasteiger partial charge in [0.25, 0.3) is 0 Å². The van der Waals surface area contributed by atoms with E-state index in [9.17, 15) is 4.79 Å².